The molecule has 0 amide bonds. The number of hydrogen-bond donors (Lipinski definition) is 2. The fourth-order valence-electron chi connectivity index (χ4n) is 1.48. The molecule has 0 saturated carbocycles. The molecule has 0 aliphatic heterocycles. The summed E-state index contributed by atoms with van der Waals surface area (Å²) in [5.74, 6) is -0.114. The van der Waals surface area contributed by atoms with Gasteiger partial charge in [-0.3, -0.25) is 4.55 Å². The molecule has 0 saturated heterocycles. The van der Waals surface area contributed by atoms with E-state index in [0.717, 1.165) is 25.7 Å². The Morgan fingerprint density at radius 2 is 1.93 bits per heavy atom. The molecule has 1 aromatic rings. The lowest BCUT2D eigenvalue weighted by molar-refractivity contribution is 0.479. The summed E-state index contributed by atoms with van der Waals surface area (Å²) in [6.45, 7) is 0. The summed E-state index contributed by atoms with van der Waals surface area (Å²) in [6, 6.07) is 2.04. The van der Waals surface area contributed by atoms with E-state index in [1.807, 2.05) is 18.5 Å². The Bertz CT molecular complexity index is 356. The maximum Gasteiger partial charge on any atom is 0.264 e. The molecular formula is C10H17NO3S. The molecule has 15 heavy (non-hydrogen) atoms. The summed E-state index contributed by atoms with van der Waals surface area (Å²) in [6.07, 6.45) is 8.35. The third kappa shape index (κ3) is 6.30. The van der Waals surface area contributed by atoms with Gasteiger partial charge in [0.2, 0.25) is 0 Å². The van der Waals surface area contributed by atoms with Gasteiger partial charge >= 0.3 is 0 Å². The van der Waals surface area contributed by atoms with Gasteiger partial charge in [-0.2, -0.15) is 8.42 Å². The van der Waals surface area contributed by atoms with Gasteiger partial charge in [-0.15, -0.1) is 0 Å². The fraction of sp³-hybridized carbons (Fsp3) is 0.600. The Labute approximate surface area is 90.5 Å². The second-order valence-corrected chi connectivity index (χ2v) is 5.24. The lowest BCUT2D eigenvalue weighted by Crippen LogP contribution is -2.03. The molecule has 0 atom stereocenters. The smallest absolute Gasteiger partial charge is 0.264 e. The topological polar surface area (TPSA) is 70.2 Å². The summed E-state index contributed by atoms with van der Waals surface area (Å²) in [7, 11) is -3.76. The number of aromatic amines is 1. The van der Waals surface area contributed by atoms with Gasteiger partial charge in [-0.25, -0.2) is 0 Å². The highest BCUT2D eigenvalue weighted by Gasteiger charge is 2.02. The van der Waals surface area contributed by atoms with Crippen LogP contribution in [0.5, 0.6) is 0 Å². The number of aromatic nitrogens is 1. The molecule has 0 bridgehead atoms. The van der Waals surface area contributed by atoms with Gasteiger partial charge in [0.15, 0.2) is 0 Å². The number of unbranched alkanes of at least 4 members (excludes halogenated alkanes) is 3. The minimum Gasteiger partial charge on any atom is -0.367 e. The van der Waals surface area contributed by atoms with Gasteiger partial charge in [0.05, 0.1) is 5.75 Å². The standard InChI is InChI=1S/C10H17NO3S/c12-15(13,14)8-4-2-1-3-5-10-6-7-11-9-10/h6-7,9,11H,1-5,8H2,(H,12,13,14). The van der Waals surface area contributed by atoms with Gasteiger partial charge < -0.3 is 4.98 Å². The molecule has 86 valence electrons. The predicted octanol–water partition coefficient (Wildman–Crippen LogP) is 2.01. The van der Waals surface area contributed by atoms with Crippen LogP contribution >= 0.6 is 0 Å². The van der Waals surface area contributed by atoms with E-state index in [0.29, 0.717) is 6.42 Å². The summed E-state index contributed by atoms with van der Waals surface area (Å²) in [5.41, 5.74) is 1.28. The normalized spacial score (nSPS) is 11.8. The van der Waals surface area contributed by atoms with E-state index in [1.54, 1.807) is 0 Å². The highest BCUT2D eigenvalue weighted by atomic mass is 32.2. The highest BCUT2D eigenvalue weighted by Crippen LogP contribution is 2.07. The van der Waals surface area contributed by atoms with E-state index in [4.69, 9.17) is 4.55 Å². The van der Waals surface area contributed by atoms with Crippen molar-refractivity contribution in [2.75, 3.05) is 5.75 Å². The molecule has 0 aromatic carbocycles. The van der Waals surface area contributed by atoms with Crippen molar-refractivity contribution in [3.05, 3.63) is 24.0 Å². The van der Waals surface area contributed by atoms with Crippen molar-refractivity contribution < 1.29 is 13.0 Å². The first kappa shape index (κ1) is 12.3. The molecule has 0 spiro atoms. The Balaban J connectivity index is 1.99. The van der Waals surface area contributed by atoms with Gasteiger partial charge in [0.25, 0.3) is 10.1 Å². The molecule has 1 rings (SSSR count). The molecule has 1 aromatic heterocycles. The van der Waals surface area contributed by atoms with E-state index >= 15 is 0 Å². The Hall–Kier alpha value is -0.810. The SMILES string of the molecule is O=S(=O)(O)CCCCCCc1cc[nH]c1. The van der Waals surface area contributed by atoms with E-state index in [1.165, 1.54) is 5.56 Å². The summed E-state index contributed by atoms with van der Waals surface area (Å²) >= 11 is 0. The van der Waals surface area contributed by atoms with E-state index in [9.17, 15) is 8.42 Å². The minimum atomic E-state index is -3.76. The number of hydrogen-bond acceptors (Lipinski definition) is 2. The van der Waals surface area contributed by atoms with Crippen molar-refractivity contribution in [2.24, 2.45) is 0 Å². The zero-order chi connectivity index (χ0) is 11.1. The van der Waals surface area contributed by atoms with Crippen molar-refractivity contribution in [1.29, 1.82) is 0 Å². The van der Waals surface area contributed by atoms with Crippen molar-refractivity contribution in [2.45, 2.75) is 32.1 Å². The molecule has 5 heteroatoms. The first-order valence-corrected chi connectivity index (χ1v) is 6.76. The molecule has 0 aliphatic rings. The average molecular weight is 231 g/mol. The molecule has 0 radical (unpaired) electrons. The first-order chi connectivity index (χ1) is 7.08. The summed E-state index contributed by atoms with van der Waals surface area (Å²) in [4.78, 5) is 2.99. The summed E-state index contributed by atoms with van der Waals surface area (Å²) in [5, 5.41) is 0. The molecular weight excluding hydrogens is 214 g/mol. The van der Waals surface area contributed by atoms with Crippen LogP contribution in [0.1, 0.15) is 31.2 Å². The van der Waals surface area contributed by atoms with Gasteiger partial charge in [0.1, 0.15) is 0 Å². The first-order valence-electron chi connectivity index (χ1n) is 5.15. The van der Waals surface area contributed by atoms with Gasteiger partial charge in [-0.1, -0.05) is 12.8 Å². The van der Waals surface area contributed by atoms with Crippen molar-refractivity contribution in [1.82, 2.24) is 4.98 Å². The van der Waals surface area contributed by atoms with E-state index in [-0.39, 0.29) is 5.75 Å². The van der Waals surface area contributed by atoms with Crippen LogP contribution in [0.15, 0.2) is 18.5 Å². The monoisotopic (exact) mass is 231 g/mol. The second-order valence-electron chi connectivity index (χ2n) is 3.67. The zero-order valence-electron chi connectivity index (χ0n) is 8.65. The molecule has 0 aliphatic carbocycles. The molecule has 0 unspecified atom stereocenters. The van der Waals surface area contributed by atoms with Crippen LogP contribution in [0.2, 0.25) is 0 Å². The number of H-pyrrole nitrogens is 1. The van der Waals surface area contributed by atoms with Crippen LogP contribution in [0.4, 0.5) is 0 Å². The maximum absolute atomic E-state index is 10.4. The van der Waals surface area contributed by atoms with Crippen molar-refractivity contribution >= 4 is 10.1 Å². The molecule has 1 heterocycles. The predicted molar refractivity (Wildman–Crippen MR) is 59.4 cm³/mol. The van der Waals surface area contributed by atoms with Crippen LogP contribution in [-0.2, 0) is 16.5 Å². The Kier molecular flexibility index (Phi) is 4.84. The number of aryl methyl sites for hydroxylation is 1. The van der Waals surface area contributed by atoms with E-state index < -0.39 is 10.1 Å². The quantitative estimate of drug-likeness (QED) is 0.557. The Morgan fingerprint density at radius 1 is 1.20 bits per heavy atom. The second kappa shape index (κ2) is 5.92. The van der Waals surface area contributed by atoms with Crippen LogP contribution in [0.3, 0.4) is 0 Å². The Morgan fingerprint density at radius 3 is 2.53 bits per heavy atom. The van der Waals surface area contributed by atoms with Crippen LogP contribution in [0.25, 0.3) is 0 Å². The number of rotatable bonds is 7. The van der Waals surface area contributed by atoms with Crippen LogP contribution in [-0.4, -0.2) is 23.7 Å². The lowest BCUT2D eigenvalue weighted by atomic mass is 10.1. The largest absolute Gasteiger partial charge is 0.367 e. The van der Waals surface area contributed by atoms with E-state index in [2.05, 4.69) is 4.98 Å². The average Bonchev–Trinajstić information content (AvgIpc) is 2.61. The highest BCUT2D eigenvalue weighted by molar-refractivity contribution is 7.85. The molecule has 0 fully saturated rings. The van der Waals surface area contributed by atoms with Gasteiger partial charge in [-0.05, 0) is 30.9 Å². The maximum atomic E-state index is 10.4. The lowest BCUT2D eigenvalue weighted by Gasteiger charge is -1.99. The van der Waals surface area contributed by atoms with Crippen molar-refractivity contribution in [3.63, 3.8) is 0 Å². The molecule has 2 N–H and O–H groups in total. The third-order valence-corrected chi connectivity index (χ3v) is 3.08. The van der Waals surface area contributed by atoms with Crippen LogP contribution < -0.4 is 0 Å². The minimum absolute atomic E-state index is 0.114. The molecule has 4 nitrogen and oxygen atoms in total. The zero-order valence-corrected chi connectivity index (χ0v) is 9.46. The van der Waals surface area contributed by atoms with Crippen LogP contribution in [0, 0.1) is 0 Å². The van der Waals surface area contributed by atoms with Gasteiger partial charge in [0, 0.05) is 12.4 Å². The number of nitrogens with one attached hydrogen (secondary N) is 1. The third-order valence-electron chi connectivity index (χ3n) is 2.28. The summed E-state index contributed by atoms with van der Waals surface area (Å²) < 4.78 is 29.3. The van der Waals surface area contributed by atoms with Crippen molar-refractivity contribution in [3.8, 4) is 0 Å². The fourth-order valence-corrected chi connectivity index (χ4v) is 2.05.